The average Bonchev–Trinajstić information content (AvgIpc) is 2.96. The summed E-state index contributed by atoms with van der Waals surface area (Å²) in [7, 11) is 0. The van der Waals surface area contributed by atoms with Crippen molar-refractivity contribution in [2.45, 2.75) is 12.6 Å². The highest BCUT2D eigenvalue weighted by molar-refractivity contribution is 6.31. The number of hydrogen-bond donors (Lipinski definition) is 2. The van der Waals surface area contributed by atoms with Crippen molar-refractivity contribution in [3.05, 3.63) is 35.4 Å². The summed E-state index contributed by atoms with van der Waals surface area (Å²) in [5, 5.41) is 11.9. The molecule has 0 bridgehead atoms. The Hall–Kier alpha value is -1.99. The van der Waals surface area contributed by atoms with Crippen molar-refractivity contribution in [2.24, 2.45) is 5.73 Å². The van der Waals surface area contributed by atoms with Crippen molar-refractivity contribution in [2.75, 3.05) is 0 Å². The van der Waals surface area contributed by atoms with Crippen LogP contribution in [0.1, 0.15) is 11.9 Å². The number of fused-ring (bicyclic) bond motifs is 1. The fourth-order valence-corrected chi connectivity index (χ4v) is 1.88. The lowest BCUT2D eigenvalue weighted by Crippen LogP contribution is -2.20. The summed E-state index contributed by atoms with van der Waals surface area (Å²) < 4.78 is 0. The van der Waals surface area contributed by atoms with Crippen LogP contribution in [0.5, 0.6) is 0 Å². The van der Waals surface area contributed by atoms with Gasteiger partial charge in [0, 0.05) is 5.02 Å². The quantitative estimate of drug-likeness (QED) is 0.732. The van der Waals surface area contributed by atoms with E-state index in [0.717, 1.165) is 11.0 Å². The fraction of sp³-hybridized carbons (Fsp3) is 0.200. The third-order valence-electron chi connectivity index (χ3n) is 2.56. The maximum Gasteiger partial charge on any atom is 0.162 e. The summed E-state index contributed by atoms with van der Waals surface area (Å²) in [6.45, 7) is 0.410. The third kappa shape index (κ3) is 2.05. The average molecular weight is 264 g/mol. The normalized spacial score (nSPS) is 13.0. The van der Waals surface area contributed by atoms with Gasteiger partial charge in [-0.2, -0.15) is 4.80 Å². The second-order valence-corrected chi connectivity index (χ2v) is 4.32. The van der Waals surface area contributed by atoms with Gasteiger partial charge < -0.3 is 10.7 Å². The third-order valence-corrected chi connectivity index (χ3v) is 2.80. The Morgan fingerprint density at radius 2 is 2.33 bits per heavy atom. The van der Waals surface area contributed by atoms with E-state index in [1.165, 1.54) is 11.1 Å². The van der Waals surface area contributed by atoms with Gasteiger partial charge >= 0.3 is 0 Å². The molecule has 18 heavy (non-hydrogen) atoms. The Labute approximate surface area is 107 Å². The highest BCUT2D eigenvalue weighted by Crippen LogP contribution is 2.19. The Morgan fingerprint density at radius 3 is 3.11 bits per heavy atom. The Bertz CT molecular complexity index is 660. The van der Waals surface area contributed by atoms with Gasteiger partial charge in [-0.05, 0) is 23.4 Å². The van der Waals surface area contributed by atoms with Crippen molar-refractivity contribution in [1.29, 1.82) is 0 Å². The molecule has 0 amide bonds. The number of tetrazole rings is 1. The molecule has 2 aromatic heterocycles. The summed E-state index contributed by atoms with van der Waals surface area (Å²) in [5.41, 5.74) is 7.72. The Kier molecular flexibility index (Phi) is 2.69. The van der Waals surface area contributed by atoms with Crippen LogP contribution >= 0.6 is 11.6 Å². The first kappa shape index (κ1) is 11.1. The largest absolute Gasteiger partial charge is 0.341 e. The van der Waals surface area contributed by atoms with Gasteiger partial charge in [-0.25, -0.2) is 4.98 Å². The van der Waals surface area contributed by atoms with Crippen LogP contribution < -0.4 is 5.73 Å². The van der Waals surface area contributed by atoms with Gasteiger partial charge in [-0.3, -0.25) is 0 Å². The molecule has 1 unspecified atom stereocenters. The summed E-state index contributed by atoms with van der Waals surface area (Å²) in [4.78, 5) is 8.97. The zero-order valence-electron chi connectivity index (χ0n) is 9.29. The number of hydrogen-bond acceptors (Lipinski definition) is 5. The molecule has 0 aliphatic rings. The van der Waals surface area contributed by atoms with Gasteiger partial charge in [-0.15, -0.1) is 10.2 Å². The topological polar surface area (TPSA) is 98.3 Å². The van der Waals surface area contributed by atoms with Crippen LogP contribution in [-0.2, 0) is 6.54 Å². The van der Waals surface area contributed by atoms with Crippen molar-refractivity contribution in [3.8, 4) is 0 Å². The van der Waals surface area contributed by atoms with E-state index >= 15 is 0 Å². The van der Waals surface area contributed by atoms with Gasteiger partial charge in [0.05, 0.1) is 23.6 Å². The predicted octanol–water partition coefficient (Wildman–Crippen LogP) is 0.903. The smallest absolute Gasteiger partial charge is 0.162 e. The van der Waals surface area contributed by atoms with E-state index in [-0.39, 0.29) is 6.04 Å². The standard InChI is InChI=1S/C10H10ClN7/c11-6-1-2-8-9(3-6)16-10(15-8)7(12)4-18-14-5-13-17-18/h1-3,5,7H,4,12H2,(H,15,16). The van der Waals surface area contributed by atoms with Gasteiger partial charge in [0.15, 0.2) is 6.33 Å². The molecule has 1 aromatic carbocycles. The second kappa shape index (κ2) is 4.35. The van der Waals surface area contributed by atoms with Crippen LogP contribution in [0.15, 0.2) is 24.5 Å². The molecule has 8 heteroatoms. The molecule has 2 heterocycles. The molecule has 92 valence electrons. The molecule has 1 atom stereocenters. The molecule has 0 fully saturated rings. The van der Waals surface area contributed by atoms with Crippen LogP contribution in [0.4, 0.5) is 0 Å². The number of aromatic nitrogens is 6. The first-order valence-electron chi connectivity index (χ1n) is 5.34. The molecule has 3 N–H and O–H groups in total. The van der Waals surface area contributed by atoms with E-state index in [2.05, 4.69) is 25.4 Å². The molecule has 3 aromatic rings. The number of imidazole rings is 1. The molecule has 7 nitrogen and oxygen atoms in total. The molecule has 0 aliphatic heterocycles. The van der Waals surface area contributed by atoms with Crippen LogP contribution in [0.25, 0.3) is 11.0 Å². The molecule has 3 rings (SSSR count). The lowest BCUT2D eigenvalue weighted by atomic mass is 10.3. The lowest BCUT2D eigenvalue weighted by molar-refractivity contribution is 0.453. The molecule has 0 aliphatic carbocycles. The number of nitrogens with one attached hydrogen (secondary N) is 1. The Balaban J connectivity index is 1.89. The molecule has 0 saturated heterocycles. The van der Waals surface area contributed by atoms with Gasteiger partial charge in [0.1, 0.15) is 5.82 Å². The minimum atomic E-state index is -0.328. The van der Waals surface area contributed by atoms with Crippen LogP contribution in [0, 0.1) is 0 Å². The number of benzene rings is 1. The maximum absolute atomic E-state index is 6.03. The number of nitrogens with zero attached hydrogens (tertiary/aromatic N) is 5. The van der Waals surface area contributed by atoms with E-state index in [1.807, 2.05) is 12.1 Å². The number of halogens is 1. The molecular formula is C10H10ClN7. The molecule has 0 radical (unpaired) electrons. The summed E-state index contributed by atoms with van der Waals surface area (Å²) in [5.74, 6) is 0.671. The van der Waals surface area contributed by atoms with Gasteiger partial charge in [0.2, 0.25) is 0 Å². The van der Waals surface area contributed by atoms with E-state index in [4.69, 9.17) is 17.3 Å². The van der Waals surface area contributed by atoms with Gasteiger partial charge in [0.25, 0.3) is 0 Å². The second-order valence-electron chi connectivity index (χ2n) is 3.88. The van der Waals surface area contributed by atoms with Crippen LogP contribution in [0.3, 0.4) is 0 Å². The number of rotatable bonds is 3. The Morgan fingerprint density at radius 1 is 1.44 bits per heavy atom. The highest BCUT2D eigenvalue weighted by Gasteiger charge is 2.13. The summed E-state index contributed by atoms with van der Waals surface area (Å²) in [6.07, 6.45) is 1.37. The molecule has 0 saturated carbocycles. The zero-order valence-corrected chi connectivity index (χ0v) is 10.0. The minimum Gasteiger partial charge on any atom is -0.341 e. The van der Waals surface area contributed by atoms with E-state index < -0.39 is 0 Å². The zero-order chi connectivity index (χ0) is 12.5. The van der Waals surface area contributed by atoms with E-state index in [0.29, 0.717) is 17.4 Å². The first-order chi connectivity index (χ1) is 8.72. The predicted molar refractivity (Wildman–Crippen MR) is 65.8 cm³/mol. The van der Waals surface area contributed by atoms with E-state index in [9.17, 15) is 0 Å². The summed E-state index contributed by atoms with van der Waals surface area (Å²) >= 11 is 5.91. The van der Waals surface area contributed by atoms with Crippen molar-refractivity contribution in [3.63, 3.8) is 0 Å². The monoisotopic (exact) mass is 263 g/mol. The fourth-order valence-electron chi connectivity index (χ4n) is 1.71. The first-order valence-corrected chi connectivity index (χ1v) is 5.72. The SMILES string of the molecule is NC(Cn1ncnn1)c1nc2ccc(Cl)cc2[nH]1. The van der Waals surface area contributed by atoms with Gasteiger partial charge in [-0.1, -0.05) is 11.6 Å². The summed E-state index contributed by atoms with van der Waals surface area (Å²) in [6, 6.07) is 5.12. The van der Waals surface area contributed by atoms with Crippen LogP contribution in [-0.4, -0.2) is 30.2 Å². The number of H-pyrrole nitrogens is 1. The van der Waals surface area contributed by atoms with Crippen molar-refractivity contribution in [1.82, 2.24) is 30.2 Å². The molecule has 0 spiro atoms. The number of aromatic amines is 1. The maximum atomic E-state index is 6.03. The van der Waals surface area contributed by atoms with Crippen molar-refractivity contribution < 1.29 is 0 Å². The van der Waals surface area contributed by atoms with Crippen LogP contribution in [0.2, 0.25) is 5.02 Å². The molecular weight excluding hydrogens is 254 g/mol. The number of nitrogens with two attached hydrogens (primary N) is 1. The van der Waals surface area contributed by atoms with Crippen molar-refractivity contribution >= 4 is 22.6 Å². The van der Waals surface area contributed by atoms with E-state index in [1.54, 1.807) is 6.07 Å². The lowest BCUT2D eigenvalue weighted by Gasteiger charge is -2.06. The highest BCUT2D eigenvalue weighted by atomic mass is 35.5. The minimum absolute atomic E-state index is 0.328.